The van der Waals surface area contributed by atoms with Crippen molar-refractivity contribution in [3.05, 3.63) is 30.1 Å². The summed E-state index contributed by atoms with van der Waals surface area (Å²) in [5, 5.41) is 2.72. The molecule has 7 heteroatoms. The Hall–Kier alpha value is -1.63. The van der Waals surface area contributed by atoms with Crippen molar-refractivity contribution < 1.29 is 40.6 Å². The molecule has 1 N–H and O–H groups in total. The second-order valence-corrected chi connectivity index (χ2v) is 9.85. The standard InChI is InChI=1S/C29H50N2O4.BrH/c1-4-5-6-7-8-9-10-11-12-13-14-15-16-17-20-31-21-18-27(19-22-31)25-30-29(33)35-24-23-34-28(32)26(2)3;/h18-19,21-22,26H,4-17,20,23-25H2,1-3H3;1H. The molecule has 36 heavy (non-hydrogen) atoms. The maximum Gasteiger partial charge on any atom is 0.407 e. The molecule has 0 aliphatic heterocycles. The maximum atomic E-state index is 11.7. The number of pyridine rings is 1. The summed E-state index contributed by atoms with van der Waals surface area (Å²) in [5.41, 5.74) is 1.02. The molecule has 0 bridgehead atoms. The van der Waals surface area contributed by atoms with Crippen molar-refractivity contribution in [3.63, 3.8) is 0 Å². The van der Waals surface area contributed by atoms with Crippen molar-refractivity contribution >= 4 is 12.1 Å². The molecular formula is C29H51BrN2O4. The number of amides is 1. The highest BCUT2D eigenvalue weighted by atomic mass is 79.9. The molecule has 0 aliphatic rings. The van der Waals surface area contributed by atoms with E-state index in [2.05, 4.69) is 29.2 Å². The third-order valence-corrected chi connectivity index (χ3v) is 6.20. The normalized spacial score (nSPS) is 10.7. The monoisotopic (exact) mass is 570 g/mol. The number of aromatic nitrogens is 1. The van der Waals surface area contributed by atoms with Crippen LogP contribution in [0.2, 0.25) is 0 Å². The molecule has 0 aromatic carbocycles. The Kier molecular flexibility index (Phi) is 22.7. The number of esters is 1. The van der Waals surface area contributed by atoms with Crippen LogP contribution < -0.4 is 26.9 Å². The summed E-state index contributed by atoms with van der Waals surface area (Å²) >= 11 is 0. The third kappa shape index (κ3) is 19.5. The predicted molar refractivity (Wildman–Crippen MR) is 141 cm³/mol. The highest BCUT2D eigenvalue weighted by molar-refractivity contribution is 5.71. The van der Waals surface area contributed by atoms with Gasteiger partial charge in [0.1, 0.15) is 19.8 Å². The van der Waals surface area contributed by atoms with Crippen molar-refractivity contribution in [1.29, 1.82) is 0 Å². The van der Waals surface area contributed by atoms with E-state index in [1.165, 1.54) is 89.9 Å². The lowest BCUT2D eigenvalue weighted by Crippen LogP contribution is -3.00. The van der Waals surface area contributed by atoms with Crippen molar-refractivity contribution in [2.75, 3.05) is 13.2 Å². The van der Waals surface area contributed by atoms with Gasteiger partial charge in [0, 0.05) is 25.1 Å². The number of carbonyl (C=O) groups is 2. The first-order valence-electron chi connectivity index (χ1n) is 14.1. The summed E-state index contributed by atoms with van der Waals surface area (Å²) < 4.78 is 12.2. The smallest absolute Gasteiger partial charge is 0.407 e. The van der Waals surface area contributed by atoms with E-state index >= 15 is 0 Å². The van der Waals surface area contributed by atoms with Gasteiger partial charge in [0.25, 0.3) is 0 Å². The summed E-state index contributed by atoms with van der Waals surface area (Å²) in [7, 11) is 0. The van der Waals surface area contributed by atoms with Crippen molar-refractivity contribution in [2.45, 2.75) is 124 Å². The SMILES string of the molecule is CCCCCCCCCCCCCCCC[n+]1ccc(CNC(=O)OCCOC(=O)C(C)C)cc1.[Br-]. The number of halogens is 1. The van der Waals surface area contributed by atoms with Crippen LogP contribution in [0.1, 0.15) is 116 Å². The zero-order valence-electron chi connectivity index (χ0n) is 23.1. The fraction of sp³-hybridized carbons (Fsp3) is 0.759. The molecule has 0 atom stereocenters. The molecule has 0 saturated carbocycles. The summed E-state index contributed by atoms with van der Waals surface area (Å²) in [6.07, 6.45) is 22.9. The van der Waals surface area contributed by atoms with E-state index in [-0.39, 0.29) is 42.1 Å². The highest BCUT2D eigenvalue weighted by Gasteiger charge is 2.09. The summed E-state index contributed by atoms with van der Waals surface area (Å²) in [5.74, 6) is -0.472. The van der Waals surface area contributed by atoms with Crippen molar-refractivity contribution in [3.8, 4) is 0 Å². The van der Waals surface area contributed by atoms with Crippen LogP contribution in [0.3, 0.4) is 0 Å². The fourth-order valence-corrected chi connectivity index (χ4v) is 3.91. The van der Waals surface area contributed by atoms with Crippen LogP contribution in [0.4, 0.5) is 4.79 Å². The molecule has 208 valence electrons. The summed E-state index contributed by atoms with van der Waals surface area (Å²) in [6.45, 7) is 7.37. The van der Waals surface area contributed by atoms with Gasteiger partial charge in [-0.05, 0) is 12.0 Å². The number of alkyl carbamates (subject to hydrolysis) is 1. The van der Waals surface area contributed by atoms with Gasteiger partial charge < -0.3 is 31.8 Å². The zero-order chi connectivity index (χ0) is 25.6. The Morgan fingerprint density at radius 1 is 0.778 bits per heavy atom. The topological polar surface area (TPSA) is 68.5 Å². The average molecular weight is 572 g/mol. The lowest BCUT2D eigenvalue weighted by atomic mass is 10.0. The van der Waals surface area contributed by atoms with Gasteiger partial charge in [-0.2, -0.15) is 0 Å². The number of hydrogen-bond acceptors (Lipinski definition) is 4. The Morgan fingerprint density at radius 3 is 1.75 bits per heavy atom. The molecule has 0 radical (unpaired) electrons. The molecule has 0 fully saturated rings. The first-order chi connectivity index (χ1) is 17.0. The van der Waals surface area contributed by atoms with Crippen LogP contribution in [0.25, 0.3) is 0 Å². The van der Waals surface area contributed by atoms with Crippen LogP contribution in [0, 0.1) is 5.92 Å². The summed E-state index contributed by atoms with van der Waals surface area (Å²) in [6, 6.07) is 4.04. The Bertz CT molecular complexity index is 668. The minimum atomic E-state index is -0.510. The van der Waals surface area contributed by atoms with E-state index in [9.17, 15) is 9.59 Å². The summed E-state index contributed by atoms with van der Waals surface area (Å²) in [4.78, 5) is 23.1. The molecule has 0 unspecified atom stereocenters. The average Bonchev–Trinajstić information content (AvgIpc) is 2.86. The van der Waals surface area contributed by atoms with E-state index in [1.807, 2.05) is 12.1 Å². The first kappa shape index (κ1) is 34.4. The number of ether oxygens (including phenoxy) is 2. The number of rotatable bonds is 21. The minimum absolute atomic E-state index is 0. The van der Waals surface area contributed by atoms with Crippen LogP contribution in [-0.4, -0.2) is 25.3 Å². The number of hydrogen-bond donors (Lipinski definition) is 1. The highest BCUT2D eigenvalue weighted by Crippen LogP contribution is 2.13. The molecule has 0 saturated heterocycles. The van der Waals surface area contributed by atoms with E-state index in [1.54, 1.807) is 13.8 Å². The Labute approximate surface area is 230 Å². The quantitative estimate of drug-likeness (QED) is 0.138. The van der Waals surface area contributed by atoms with Gasteiger partial charge in [-0.3, -0.25) is 4.79 Å². The number of nitrogens with one attached hydrogen (secondary N) is 1. The second-order valence-electron chi connectivity index (χ2n) is 9.85. The lowest BCUT2D eigenvalue weighted by molar-refractivity contribution is -0.697. The Morgan fingerprint density at radius 2 is 1.25 bits per heavy atom. The van der Waals surface area contributed by atoms with Gasteiger partial charge in [-0.25, -0.2) is 9.36 Å². The molecule has 1 heterocycles. The lowest BCUT2D eigenvalue weighted by Gasteiger charge is -2.09. The molecule has 6 nitrogen and oxygen atoms in total. The van der Waals surface area contributed by atoms with Gasteiger partial charge in [-0.1, -0.05) is 97.8 Å². The van der Waals surface area contributed by atoms with Crippen LogP contribution in [-0.2, 0) is 27.4 Å². The van der Waals surface area contributed by atoms with Crippen LogP contribution in [0.5, 0.6) is 0 Å². The van der Waals surface area contributed by atoms with Crippen molar-refractivity contribution in [2.24, 2.45) is 5.92 Å². The minimum Gasteiger partial charge on any atom is -1.00 e. The number of aryl methyl sites for hydroxylation is 1. The molecule has 1 rings (SSSR count). The van der Waals surface area contributed by atoms with Crippen LogP contribution in [0.15, 0.2) is 24.5 Å². The van der Waals surface area contributed by atoms with E-state index < -0.39 is 6.09 Å². The molecule has 0 aliphatic carbocycles. The maximum absolute atomic E-state index is 11.7. The first-order valence-corrected chi connectivity index (χ1v) is 14.1. The largest absolute Gasteiger partial charge is 1.00 e. The molecule has 1 amide bonds. The molecule has 0 spiro atoms. The van der Waals surface area contributed by atoms with Crippen LogP contribution >= 0.6 is 0 Å². The van der Waals surface area contributed by atoms with Gasteiger partial charge >= 0.3 is 12.1 Å². The Balaban J connectivity index is 0.0000122. The zero-order valence-corrected chi connectivity index (χ0v) is 24.7. The van der Waals surface area contributed by atoms with E-state index in [4.69, 9.17) is 9.47 Å². The van der Waals surface area contributed by atoms with Gasteiger partial charge in [0.2, 0.25) is 0 Å². The molecule has 1 aromatic heterocycles. The third-order valence-electron chi connectivity index (χ3n) is 6.20. The number of unbranched alkanes of at least 4 members (excludes halogenated alkanes) is 13. The number of carbonyl (C=O) groups excluding carboxylic acids is 2. The van der Waals surface area contributed by atoms with Gasteiger partial charge in [0.05, 0.1) is 5.92 Å². The molecule has 1 aromatic rings. The second kappa shape index (κ2) is 23.7. The van der Waals surface area contributed by atoms with Crippen molar-refractivity contribution in [1.82, 2.24) is 5.32 Å². The number of nitrogens with zero attached hydrogens (tertiary/aromatic N) is 1. The predicted octanol–water partition coefficient (Wildman–Crippen LogP) is 3.88. The van der Waals surface area contributed by atoms with E-state index in [0.29, 0.717) is 6.54 Å². The van der Waals surface area contributed by atoms with Gasteiger partial charge in [0.15, 0.2) is 12.4 Å². The molecular weight excluding hydrogens is 520 g/mol. The van der Waals surface area contributed by atoms with E-state index in [0.717, 1.165) is 12.1 Å². The van der Waals surface area contributed by atoms with Gasteiger partial charge in [-0.15, -0.1) is 0 Å². The fourth-order valence-electron chi connectivity index (χ4n) is 3.91.